The van der Waals surface area contributed by atoms with Crippen molar-refractivity contribution in [3.8, 4) is 11.4 Å². The molecule has 2 aliphatic rings. The van der Waals surface area contributed by atoms with Gasteiger partial charge >= 0.3 is 0 Å². The summed E-state index contributed by atoms with van der Waals surface area (Å²) in [5, 5.41) is 12.0. The molecule has 4 rings (SSSR count). The number of nitrogens with zero attached hydrogens (tertiary/aromatic N) is 3. The minimum Gasteiger partial charge on any atom is -0.352 e. The number of thioether (sulfide) groups is 1. The Balaban J connectivity index is 1.38. The van der Waals surface area contributed by atoms with Gasteiger partial charge in [0.15, 0.2) is 11.0 Å². The van der Waals surface area contributed by atoms with E-state index < -0.39 is 0 Å². The summed E-state index contributed by atoms with van der Waals surface area (Å²) in [6, 6.07) is 6.85. The molecule has 0 bridgehead atoms. The average Bonchev–Trinajstić information content (AvgIpc) is 3.51. The highest BCUT2D eigenvalue weighted by molar-refractivity contribution is 7.99. The molecule has 1 aromatic heterocycles. The molecule has 0 unspecified atom stereocenters. The van der Waals surface area contributed by atoms with Crippen molar-refractivity contribution in [2.45, 2.75) is 36.9 Å². The lowest BCUT2D eigenvalue weighted by Gasteiger charge is -2.17. The lowest BCUT2D eigenvalue weighted by atomic mass is 10.1. The van der Waals surface area contributed by atoms with Gasteiger partial charge < -0.3 is 9.88 Å². The third-order valence-corrected chi connectivity index (χ3v) is 5.89. The second kappa shape index (κ2) is 6.78. The number of benzene rings is 1. The van der Waals surface area contributed by atoms with Gasteiger partial charge in [-0.3, -0.25) is 4.79 Å². The van der Waals surface area contributed by atoms with Crippen LogP contribution in [0.2, 0.25) is 0 Å². The van der Waals surface area contributed by atoms with Crippen LogP contribution in [0.3, 0.4) is 0 Å². The summed E-state index contributed by atoms with van der Waals surface area (Å²) in [4.78, 5) is 12.3. The predicted octanol–water partition coefficient (Wildman–Crippen LogP) is 3.02. The molecular weight excluding hydrogens is 339 g/mol. The van der Waals surface area contributed by atoms with E-state index in [4.69, 9.17) is 0 Å². The summed E-state index contributed by atoms with van der Waals surface area (Å²) in [7, 11) is 1.79. The zero-order valence-corrected chi connectivity index (χ0v) is 14.9. The molecule has 2 fully saturated rings. The zero-order chi connectivity index (χ0) is 17.4. The molecule has 2 aromatic rings. The van der Waals surface area contributed by atoms with E-state index >= 15 is 0 Å². The normalized spacial score (nSPS) is 17.1. The molecule has 5 nitrogen and oxygen atoms in total. The Morgan fingerprint density at radius 3 is 2.60 bits per heavy atom. The Bertz CT molecular complexity index is 773. The molecule has 132 valence electrons. The number of amides is 1. The fraction of sp³-hybridized carbons (Fsp3) is 0.500. The molecule has 0 spiro atoms. The summed E-state index contributed by atoms with van der Waals surface area (Å²) in [6.45, 7) is 0. The van der Waals surface area contributed by atoms with Crippen molar-refractivity contribution in [1.82, 2.24) is 20.1 Å². The lowest BCUT2D eigenvalue weighted by molar-refractivity contribution is -0.119. The van der Waals surface area contributed by atoms with Gasteiger partial charge in [0.2, 0.25) is 5.91 Å². The molecule has 1 heterocycles. The first-order valence-corrected chi connectivity index (χ1v) is 9.68. The summed E-state index contributed by atoms with van der Waals surface area (Å²) in [5.74, 6) is 1.86. The molecule has 1 aromatic carbocycles. The number of aromatic nitrogens is 3. The van der Waals surface area contributed by atoms with E-state index in [9.17, 15) is 9.18 Å². The minimum atomic E-state index is -0.330. The van der Waals surface area contributed by atoms with Crippen LogP contribution in [-0.2, 0) is 11.8 Å². The van der Waals surface area contributed by atoms with E-state index in [-0.39, 0.29) is 11.7 Å². The Morgan fingerprint density at radius 1 is 1.28 bits per heavy atom. The van der Waals surface area contributed by atoms with Gasteiger partial charge in [-0.15, -0.1) is 10.2 Å². The molecule has 2 saturated carbocycles. The van der Waals surface area contributed by atoms with Crippen LogP contribution in [0.5, 0.6) is 0 Å². The number of carbonyl (C=O) groups is 1. The highest BCUT2D eigenvalue weighted by atomic mass is 32.2. The summed E-state index contributed by atoms with van der Waals surface area (Å²) in [5.41, 5.74) is 0.413. The van der Waals surface area contributed by atoms with Gasteiger partial charge in [0.1, 0.15) is 5.82 Å². The third-order valence-electron chi connectivity index (χ3n) is 4.87. The Hall–Kier alpha value is -1.89. The molecule has 2 aliphatic carbocycles. The second-order valence-electron chi connectivity index (χ2n) is 6.90. The molecule has 0 aliphatic heterocycles. The quantitative estimate of drug-likeness (QED) is 0.771. The summed E-state index contributed by atoms with van der Waals surface area (Å²) >= 11 is 1.34. The summed E-state index contributed by atoms with van der Waals surface area (Å²) in [6.07, 6.45) is 4.96. The monoisotopic (exact) mass is 360 g/mol. The fourth-order valence-corrected chi connectivity index (χ4v) is 3.93. The number of hydrogen-bond acceptors (Lipinski definition) is 4. The van der Waals surface area contributed by atoms with Crippen LogP contribution in [0.25, 0.3) is 11.4 Å². The maximum atomic E-state index is 13.9. The maximum Gasteiger partial charge on any atom is 0.230 e. The van der Waals surface area contributed by atoms with Crippen LogP contribution in [0.1, 0.15) is 25.7 Å². The van der Waals surface area contributed by atoms with Crippen molar-refractivity contribution in [2.24, 2.45) is 18.9 Å². The van der Waals surface area contributed by atoms with Gasteiger partial charge in [-0.2, -0.15) is 0 Å². The highest BCUT2D eigenvalue weighted by Gasteiger charge is 2.42. The zero-order valence-electron chi connectivity index (χ0n) is 14.1. The van der Waals surface area contributed by atoms with E-state index in [1.807, 2.05) is 0 Å². The number of halogens is 1. The number of carbonyl (C=O) groups excluding carboxylic acids is 1. The van der Waals surface area contributed by atoms with E-state index in [0.29, 0.717) is 40.2 Å². The van der Waals surface area contributed by atoms with Gasteiger partial charge in [-0.1, -0.05) is 23.9 Å². The van der Waals surface area contributed by atoms with Crippen molar-refractivity contribution in [1.29, 1.82) is 0 Å². The van der Waals surface area contributed by atoms with Crippen LogP contribution in [-0.4, -0.2) is 32.5 Å². The number of nitrogens with one attached hydrogen (secondary N) is 1. The Labute approximate surface area is 150 Å². The van der Waals surface area contributed by atoms with Gasteiger partial charge in [0.05, 0.1) is 11.3 Å². The van der Waals surface area contributed by atoms with Gasteiger partial charge in [-0.25, -0.2) is 4.39 Å². The third kappa shape index (κ3) is 3.71. The van der Waals surface area contributed by atoms with Crippen LogP contribution < -0.4 is 5.32 Å². The largest absolute Gasteiger partial charge is 0.352 e. The van der Waals surface area contributed by atoms with Crippen LogP contribution in [0.15, 0.2) is 29.4 Å². The van der Waals surface area contributed by atoms with Crippen molar-refractivity contribution in [3.05, 3.63) is 30.1 Å². The van der Waals surface area contributed by atoms with Gasteiger partial charge in [0, 0.05) is 13.1 Å². The van der Waals surface area contributed by atoms with Crippen molar-refractivity contribution in [2.75, 3.05) is 5.75 Å². The molecule has 0 atom stereocenters. The Morgan fingerprint density at radius 2 is 1.96 bits per heavy atom. The highest BCUT2D eigenvalue weighted by Crippen LogP contribution is 2.44. The first-order valence-electron chi connectivity index (χ1n) is 8.70. The molecule has 1 N–H and O–H groups in total. The average molecular weight is 360 g/mol. The molecule has 25 heavy (non-hydrogen) atoms. The molecule has 0 radical (unpaired) electrons. The first-order chi connectivity index (χ1) is 12.1. The van der Waals surface area contributed by atoms with E-state index in [1.165, 1.54) is 43.5 Å². The van der Waals surface area contributed by atoms with Crippen molar-refractivity contribution in [3.63, 3.8) is 0 Å². The minimum absolute atomic E-state index is 0.0456. The molecule has 1 amide bonds. The standard InChI is InChI=1S/C18H21FN4OS/c1-23-17(13-4-2-3-5-14(13)19)21-22-18(23)25-10-15(24)20-16(11-6-7-11)12-8-9-12/h2-5,11-12,16H,6-10H2,1H3,(H,20,24). The number of hydrogen-bond donors (Lipinski definition) is 1. The van der Waals surface area contributed by atoms with E-state index in [0.717, 1.165) is 0 Å². The molecule has 0 saturated heterocycles. The van der Waals surface area contributed by atoms with Gasteiger partial charge in [0.25, 0.3) is 0 Å². The van der Waals surface area contributed by atoms with E-state index in [1.54, 1.807) is 29.8 Å². The van der Waals surface area contributed by atoms with Crippen LogP contribution in [0.4, 0.5) is 4.39 Å². The SMILES string of the molecule is Cn1c(SCC(=O)NC(C2CC2)C2CC2)nnc1-c1ccccc1F. The van der Waals surface area contributed by atoms with Crippen LogP contribution in [0, 0.1) is 17.7 Å². The van der Waals surface area contributed by atoms with Crippen molar-refractivity contribution >= 4 is 17.7 Å². The predicted molar refractivity (Wildman–Crippen MR) is 94.5 cm³/mol. The first kappa shape index (κ1) is 16.6. The second-order valence-corrected chi connectivity index (χ2v) is 7.84. The van der Waals surface area contributed by atoms with Crippen LogP contribution >= 0.6 is 11.8 Å². The molecule has 7 heteroatoms. The number of rotatable bonds is 7. The maximum absolute atomic E-state index is 13.9. The lowest BCUT2D eigenvalue weighted by Crippen LogP contribution is -2.39. The van der Waals surface area contributed by atoms with Crippen molar-refractivity contribution < 1.29 is 9.18 Å². The Kier molecular flexibility index (Phi) is 4.50. The topological polar surface area (TPSA) is 59.8 Å². The fourth-order valence-electron chi connectivity index (χ4n) is 3.21. The van der Waals surface area contributed by atoms with E-state index in [2.05, 4.69) is 15.5 Å². The molecular formula is C18H21FN4OS. The van der Waals surface area contributed by atoms with Gasteiger partial charge in [-0.05, 0) is 49.7 Å². The summed E-state index contributed by atoms with van der Waals surface area (Å²) < 4.78 is 15.7. The smallest absolute Gasteiger partial charge is 0.230 e.